The third-order valence-electron chi connectivity index (χ3n) is 4.96. The van der Waals surface area contributed by atoms with Crippen LogP contribution in [0.4, 0.5) is 8.78 Å². The molecule has 0 aromatic heterocycles. The van der Waals surface area contributed by atoms with Crippen LogP contribution < -0.4 is 0 Å². The lowest BCUT2D eigenvalue weighted by atomic mass is 9.72. The second-order valence-electron chi connectivity index (χ2n) is 6.63. The normalized spacial score (nSPS) is 31.4. The highest BCUT2D eigenvalue weighted by atomic mass is 19.1. The zero-order valence-corrected chi connectivity index (χ0v) is 13.2. The van der Waals surface area contributed by atoms with Crippen molar-refractivity contribution in [3.05, 3.63) is 41.0 Å². The summed E-state index contributed by atoms with van der Waals surface area (Å²) in [4.78, 5) is 12.3. The Kier molecular flexibility index (Phi) is 4.00. The highest BCUT2D eigenvalue weighted by molar-refractivity contribution is 6.20. The summed E-state index contributed by atoms with van der Waals surface area (Å²) in [6.07, 6.45) is 3.75. The van der Waals surface area contributed by atoms with Gasteiger partial charge in [0, 0.05) is 12.5 Å². The lowest BCUT2D eigenvalue weighted by Gasteiger charge is -2.34. The Labute approximate surface area is 134 Å². The predicted octanol–water partition coefficient (Wildman–Crippen LogP) is 3.81. The average Bonchev–Trinajstić information content (AvgIpc) is 2.69. The molecular formula is C18H20F2O3. The molecule has 3 unspecified atom stereocenters. The number of cyclic esters (lactones) is 1. The van der Waals surface area contributed by atoms with Crippen LogP contribution in [0, 0.1) is 23.5 Å². The fourth-order valence-corrected chi connectivity index (χ4v) is 3.88. The molecule has 0 spiro atoms. The standard InChI is InChI=1S/C18H20F2O3/c1-10-6-3-4-7-11(10)16-15(17(21)23-18(16,2)22)14-12(19)8-5-9-13(14)20/h5,8-11,22H,3-4,6-7H2,1-2H3. The summed E-state index contributed by atoms with van der Waals surface area (Å²) in [5, 5.41) is 10.6. The van der Waals surface area contributed by atoms with Gasteiger partial charge < -0.3 is 9.84 Å². The molecule has 0 radical (unpaired) electrons. The smallest absolute Gasteiger partial charge is 0.341 e. The third-order valence-corrected chi connectivity index (χ3v) is 4.96. The fourth-order valence-electron chi connectivity index (χ4n) is 3.88. The van der Waals surface area contributed by atoms with Crippen LogP contribution >= 0.6 is 0 Å². The maximum absolute atomic E-state index is 14.2. The molecule has 1 aliphatic carbocycles. The van der Waals surface area contributed by atoms with Crippen LogP contribution in [0.5, 0.6) is 0 Å². The van der Waals surface area contributed by atoms with Gasteiger partial charge in [0.05, 0.1) is 11.1 Å². The molecule has 3 nitrogen and oxygen atoms in total. The van der Waals surface area contributed by atoms with Crippen LogP contribution in [0.1, 0.15) is 45.1 Å². The minimum absolute atomic E-state index is 0.126. The molecule has 0 saturated heterocycles. The summed E-state index contributed by atoms with van der Waals surface area (Å²) in [5.41, 5.74) is -0.230. The van der Waals surface area contributed by atoms with E-state index in [1.54, 1.807) is 0 Å². The average molecular weight is 322 g/mol. The van der Waals surface area contributed by atoms with Gasteiger partial charge in [0.25, 0.3) is 0 Å². The number of hydrogen-bond acceptors (Lipinski definition) is 3. The summed E-state index contributed by atoms with van der Waals surface area (Å²) < 4.78 is 33.5. The molecule has 1 saturated carbocycles. The maximum atomic E-state index is 14.2. The molecular weight excluding hydrogens is 302 g/mol. The van der Waals surface area contributed by atoms with Crippen molar-refractivity contribution in [2.24, 2.45) is 11.8 Å². The van der Waals surface area contributed by atoms with Crippen molar-refractivity contribution >= 4 is 11.5 Å². The second-order valence-corrected chi connectivity index (χ2v) is 6.63. The Morgan fingerprint density at radius 3 is 2.43 bits per heavy atom. The molecule has 1 aromatic carbocycles. The van der Waals surface area contributed by atoms with Crippen molar-refractivity contribution in [3.8, 4) is 0 Å². The van der Waals surface area contributed by atoms with Crippen LogP contribution in [0.2, 0.25) is 0 Å². The molecule has 5 heteroatoms. The highest BCUT2D eigenvalue weighted by Gasteiger charge is 2.48. The molecule has 1 aromatic rings. The Hall–Kier alpha value is -1.75. The molecule has 1 heterocycles. The van der Waals surface area contributed by atoms with E-state index in [0.717, 1.165) is 37.8 Å². The van der Waals surface area contributed by atoms with Crippen molar-refractivity contribution in [3.63, 3.8) is 0 Å². The van der Waals surface area contributed by atoms with E-state index in [4.69, 9.17) is 4.74 Å². The number of ether oxygens (including phenoxy) is 1. The third kappa shape index (κ3) is 2.67. The molecule has 2 aliphatic rings. The van der Waals surface area contributed by atoms with Crippen LogP contribution in [0.3, 0.4) is 0 Å². The number of halogens is 2. The van der Waals surface area contributed by atoms with Gasteiger partial charge in [-0.3, -0.25) is 0 Å². The van der Waals surface area contributed by atoms with Gasteiger partial charge in [0.2, 0.25) is 5.79 Å². The van der Waals surface area contributed by atoms with Gasteiger partial charge in [-0.05, 0) is 30.4 Å². The van der Waals surface area contributed by atoms with Crippen LogP contribution in [-0.4, -0.2) is 16.9 Å². The monoisotopic (exact) mass is 322 g/mol. The number of rotatable bonds is 2. The van der Waals surface area contributed by atoms with E-state index in [9.17, 15) is 18.7 Å². The topological polar surface area (TPSA) is 46.5 Å². The number of hydrogen-bond donors (Lipinski definition) is 1. The van der Waals surface area contributed by atoms with Crippen LogP contribution in [-0.2, 0) is 9.53 Å². The molecule has 1 aliphatic heterocycles. The van der Waals surface area contributed by atoms with Crippen molar-refractivity contribution in [1.82, 2.24) is 0 Å². The largest absolute Gasteiger partial charge is 0.426 e. The molecule has 3 atom stereocenters. The van der Waals surface area contributed by atoms with Gasteiger partial charge in [0.15, 0.2) is 0 Å². The lowest BCUT2D eigenvalue weighted by Crippen LogP contribution is -2.34. The van der Waals surface area contributed by atoms with E-state index < -0.39 is 29.0 Å². The minimum Gasteiger partial charge on any atom is -0.426 e. The summed E-state index contributed by atoms with van der Waals surface area (Å²) >= 11 is 0. The van der Waals surface area contributed by atoms with Crippen molar-refractivity contribution < 1.29 is 23.4 Å². The lowest BCUT2D eigenvalue weighted by molar-refractivity contribution is -0.176. The van der Waals surface area contributed by atoms with Crippen LogP contribution in [0.15, 0.2) is 23.8 Å². The number of carbonyl (C=O) groups is 1. The Bertz CT molecular complexity index is 659. The number of benzene rings is 1. The zero-order chi connectivity index (χ0) is 16.8. The number of carbonyl (C=O) groups excluding carboxylic acids is 1. The first-order valence-corrected chi connectivity index (χ1v) is 7.97. The number of esters is 1. The highest BCUT2D eigenvalue weighted by Crippen LogP contribution is 2.47. The fraction of sp³-hybridized carbons (Fsp3) is 0.500. The van der Waals surface area contributed by atoms with E-state index in [2.05, 4.69) is 0 Å². The summed E-state index contributed by atoms with van der Waals surface area (Å²) in [6.45, 7) is 3.40. The first kappa shape index (κ1) is 16.1. The Morgan fingerprint density at radius 2 is 1.83 bits per heavy atom. The van der Waals surface area contributed by atoms with Gasteiger partial charge >= 0.3 is 5.97 Å². The zero-order valence-electron chi connectivity index (χ0n) is 13.2. The minimum atomic E-state index is -1.82. The van der Waals surface area contributed by atoms with Gasteiger partial charge in [-0.2, -0.15) is 0 Å². The van der Waals surface area contributed by atoms with Gasteiger partial charge in [0.1, 0.15) is 11.6 Å². The van der Waals surface area contributed by atoms with E-state index in [1.165, 1.54) is 13.0 Å². The summed E-state index contributed by atoms with van der Waals surface area (Å²) in [5.74, 6) is -4.25. The second kappa shape index (κ2) is 5.71. The molecule has 124 valence electrons. The molecule has 3 rings (SSSR count). The molecule has 1 N–H and O–H groups in total. The maximum Gasteiger partial charge on any atom is 0.341 e. The van der Waals surface area contributed by atoms with Crippen LogP contribution in [0.25, 0.3) is 5.57 Å². The molecule has 23 heavy (non-hydrogen) atoms. The molecule has 0 bridgehead atoms. The predicted molar refractivity (Wildman–Crippen MR) is 81.1 cm³/mol. The Morgan fingerprint density at radius 1 is 1.22 bits per heavy atom. The van der Waals surface area contributed by atoms with Crippen molar-refractivity contribution in [2.75, 3.05) is 0 Å². The van der Waals surface area contributed by atoms with Gasteiger partial charge in [-0.15, -0.1) is 0 Å². The first-order chi connectivity index (χ1) is 10.8. The SMILES string of the molecule is CC1CCCCC1C1=C(c2c(F)cccc2F)C(=O)OC1(C)O. The van der Waals surface area contributed by atoms with Crippen molar-refractivity contribution in [1.29, 1.82) is 0 Å². The Balaban J connectivity index is 2.23. The van der Waals surface area contributed by atoms with E-state index in [1.807, 2.05) is 6.92 Å². The van der Waals surface area contributed by atoms with E-state index in [0.29, 0.717) is 5.57 Å². The van der Waals surface area contributed by atoms with E-state index in [-0.39, 0.29) is 17.4 Å². The summed E-state index contributed by atoms with van der Waals surface area (Å²) in [7, 11) is 0. The molecule has 0 amide bonds. The summed E-state index contributed by atoms with van der Waals surface area (Å²) in [6, 6.07) is 3.46. The van der Waals surface area contributed by atoms with Gasteiger partial charge in [-0.1, -0.05) is 32.3 Å². The first-order valence-electron chi connectivity index (χ1n) is 7.97. The quantitative estimate of drug-likeness (QED) is 0.842. The molecule has 1 fully saturated rings. The number of aliphatic hydroxyl groups is 1. The van der Waals surface area contributed by atoms with E-state index >= 15 is 0 Å². The van der Waals surface area contributed by atoms with Crippen molar-refractivity contribution in [2.45, 2.75) is 45.3 Å². The van der Waals surface area contributed by atoms with Gasteiger partial charge in [-0.25, -0.2) is 13.6 Å².